The Bertz CT molecular complexity index is 671. The number of nitrogens with zero attached hydrogens (tertiary/aromatic N) is 2. The van der Waals surface area contributed by atoms with Crippen molar-refractivity contribution in [1.82, 2.24) is 10.1 Å². The number of ketones is 1. The van der Waals surface area contributed by atoms with E-state index >= 15 is 0 Å². The predicted octanol–water partition coefficient (Wildman–Crippen LogP) is 3.94. The van der Waals surface area contributed by atoms with Gasteiger partial charge in [-0.15, -0.1) is 0 Å². The lowest BCUT2D eigenvalue weighted by Gasteiger charge is -2.01. The lowest BCUT2D eigenvalue weighted by atomic mass is 10.1. The first-order chi connectivity index (χ1) is 9.88. The first-order valence-corrected chi connectivity index (χ1v) is 7.16. The minimum Gasteiger partial charge on any atom is -0.338 e. The fourth-order valence-electron chi connectivity index (χ4n) is 1.83. The molecule has 1 aromatic carbocycles. The number of hydrogen-bond acceptors (Lipinski definition) is 4. The minimum absolute atomic E-state index is 0.00967. The molecule has 0 aliphatic carbocycles. The molecular formula is C14H13BrF2N2O2. The van der Waals surface area contributed by atoms with Crippen LogP contribution in [0, 0.1) is 17.6 Å². The number of halogens is 3. The van der Waals surface area contributed by atoms with Gasteiger partial charge in [0.05, 0.1) is 10.9 Å². The van der Waals surface area contributed by atoms with Gasteiger partial charge in [-0.1, -0.05) is 19.0 Å². The Kier molecular flexibility index (Phi) is 4.82. The summed E-state index contributed by atoms with van der Waals surface area (Å²) in [6, 6.07) is 2.32. The fraction of sp³-hybridized carbons (Fsp3) is 0.357. The van der Waals surface area contributed by atoms with E-state index in [2.05, 4.69) is 26.1 Å². The van der Waals surface area contributed by atoms with E-state index in [-0.39, 0.29) is 39.9 Å². The number of carbonyl (C=O) groups excluding carboxylic acids is 1. The molecule has 7 heteroatoms. The molecule has 0 fully saturated rings. The lowest BCUT2D eigenvalue weighted by molar-refractivity contribution is -0.119. The van der Waals surface area contributed by atoms with Gasteiger partial charge in [0.25, 0.3) is 0 Å². The monoisotopic (exact) mass is 358 g/mol. The molecule has 0 atom stereocenters. The van der Waals surface area contributed by atoms with Crippen molar-refractivity contribution in [3.05, 3.63) is 34.1 Å². The van der Waals surface area contributed by atoms with E-state index in [0.717, 1.165) is 6.07 Å². The third-order valence-corrected chi connectivity index (χ3v) is 3.50. The van der Waals surface area contributed by atoms with Crippen LogP contribution < -0.4 is 0 Å². The summed E-state index contributed by atoms with van der Waals surface area (Å²) in [6.07, 6.45) is 0.457. The van der Waals surface area contributed by atoms with Gasteiger partial charge in [0.2, 0.25) is 11.7 Å². The van der Waals surface area contributed by atoms with Crippen LogP contribution in [0.5, 0.6) is 0 Å². The second kappa shape index (κ2) is 6.43. The Balaban J connectivity index is 2.21. The Morgan fingerprint density at radius 1 is 1.38 bits per heavy atom. The van der Waals surface area contributed by atoms with Crippen LogP contribution in [0.15, 0.2) is 21.1 Å². The zero-order valence-corrected chi connectivity index (χ0v) is 13.1. The van der Waals surface area contributed by atoms with Gasteiger partial charge in [0, 0.05) is 12.0 Å². The zero-order valence-electron chi connectivity index (χ0n) is 11.5. The average Bonchev–Trinajstić information content (AvgIpc) is 2.83. The molecule has 0 spiro atoms. The van der Waals surface area contributed by atoms with Crippen LogP contribution in [0.1, 0.15) is 26.2 Å². The third kappa shape index (κ3) is 3.72. The molecule has 112 valence electrons. The van der Waals surface area contributed by atoms with Crippen LogP contribution in [-0.2, 0) is 11.2 Å². The molecule has 0 saturated carbocycles. The van der Waals surface area contributed by atoms with E-state index in [1.807, 2.05) is 13.8 Å². The van der Waals surface area contributed by atoms with Crippen molar-refractivity contribution < 1.29 is 18.1 Å². The molecule has 0 aliphatic heterocycles. The van der Waals surface area contributed by atoms with E-state index < -0.39 is 11.6 Å². The van der Waals surface area contributed by atoms with Crippen LogP contribution in [0.25, 0.3) is 11.4 Å². The molecule has 2 rings (SSSR count). The molecule has 0 aliphatic rings. The third-order valence-electron chi connectivity index (χ3n) is 2.73. The van der Waals surface area contributed by atoms with Crippen molar-refractivity contribution in [3.63, 3.8) is 0 Å². The maximum Gasteiger partial charge on any atom is 0.234 e. The molecule has 0 unspecified atom stereocenters. The number of aromatic nitrogens is 2. The molecule has 2 aromatic rings. The zero-order chi connectivity index (χ0) is 15.6. The standard InChI is InChI=1S/C14H13BrF2N2O2/c1-7(2)5-8(20)6-11-18-14(19-21-11)9-3-4-10(16)13(17)12(9)15/h3-4,7H,5-6H2,1-2H3. The number of benzene rings is 1. The smallest absolute Gasteiger partial charge is 0.234 e. The second-order valence-corrected chi connectivity index (χ2v) is 5.84. The Morgan fingerprint density at radius 2 is 2.10 bits per heavy atom. The van der Waals surface area contributed by atoms with Crippen molar-refractivity contribution in [2.24, 2.45) is 5.92 Å². The molecule has 4 nitrogen and oxygen atoms in total. The summed E-state index contributed by atoms with van der Waals surface area (Å²) in [4.78, 5) is 15.7. The summed E-state index contributed by atoms with van der Waals surface area (Å²) in [6.45, 7) is 3.88. The highest BCUT2D eigenvalue weighted by molar-refractivity contribution is 9.10. The summed E-state index contributed by atoms with van der Waals surface area (Å²) in [5, 5.41) is 3.69. The molecule has 1 heterocycles. The summed E-state index contributed by atoms with van der Waals surface area (Å²) >= 11 is 2.96. The van der Waals surface area contributed by atoms with Gasteiger partial charge in [0.1, 0.15) is 5.78 Å². The highest BCUT2D eigenvalue weighted by atomic mass is 79.9. The second-order valence-electron chi connectivity index (χ2n) is 5.05. The van der Waals surface area contributed by atoms with E-state index in [1.54, 1.807) is 0 Å². The van der Waals surface area contributed by atoms with Gasteiger partial charge in [-0.05, 0) is 34.0 Å². The summed E-state index contributed by atoms with van der Waals surface area (Å²) in [5.41, 5.74) is 0.264. The maximum atomic E-state index is 13.5. The molecule has 0 N–H and O–H groups in total. The van der Waals surface area contributed by atoms with Crippen LogP contribution in [0.3, 0.4) is 0 Å². The van der Waals surface area contributed by atoms with Gasteiger partial charge in [-0.2, -0.15) is 4.98 Å². The summed E-state index contributed by atoms with van der Waals surface area (Å²) in [7, 11) is 0. The van der Waals surface area contributed by atoms with E-state index in [4.69, 9.17) is 4.52 Å². The molecule has 1 aromatic heterocycles. The van der Waals surface area contributed by atoms with Gasteiger partial charge in [0.15, 0.2) is 11.6 Å². The molecule has 21 heavy (non-hydrogen) atoms. The summed E-state index contributed by atoms with van der Waals surface area (Å²) in [5.74, 6) is -1.48. The van der Waals surface area contributed by atoms with Crippen molar-refractivity contribution in [1.29, 1.82) is 0 Å². The van der Waals surface area contributed by atoms with Crippen LogP contribution in [0.4, 0.5) is 8.78 Å². The Hall–Kier alpha value is -1.63. The average molecular weight is 359 g/mol. The van der Waals surface area contributed by atoms with E-state index in [0.29, 0.717) is 6.42 Å². The van der Waals surface area contributed by atoms with Gasteiger partial charge in [-0.3, -0.25) is 4.79 Å². The Labute approximate surface area is 128 Å². The first-order valence-electron chi connectivity index (χ1n) is 6.36. The van der Waals surface area contributed by atoms with Crippen LogP contribution >= 0.6 is 15.9 Å². The molecule has 0 saturated heterocycles. The SMILES string of the molecule is CC(C)CC(=O)Cc1nc(-c2ccc(F)c(F)c2Br)no1. The predicted molar refractivity (Wildman–Crippen MR) is 75.5 cm³/mol. The topological polar surface area (TPSA) is 56.0 Å². The highest BCUT2D eigenvalue weighted by Crippen LogP contribution is 2.30. The van der Waals surface area contributed by atoms with Crippen molar-refractivity contribution in [3.8, 4) is 11.4 Å². The summed E-state index contributed by atoms with van der Waals surface area (Å²) < 4.78 is 31.4. The number of Topliss-reactive ketones (excluding diaryl/α,β-unsaturated/α-hetero) is 1. The van der Waals surface area contributed by atoms with Crippen LogP contribution in [0.2, 0.25) is 0 Å². The largest absolute Gasteiger partial charge is 0.338 e. The molecule has 0 bridgehead atoms. The number of carbonyl (C=O) groups is 1. The molecule has 0 radical (unpaired) electrons. The molecule has 0 amide bonds. The normalized spacial score (nSPS) is 11.1. The van der Waals surface area contributed by atoms with E-state index in [9.17, 15) is 13.6 Å². The van der Waals surface area contributed by atoms with Gasteiger partial charge >= 0.3 is 0 Å². The first kappa shape index (κ1) is 15.8. The quantitative estimate of drug-likeness (QED) is 0.759. The number of rotatable bonds is 5. The molecular weight excluding hydrogens is 346 g/mol. The van der Waals surface area contributed by atoms with Gasteiger partial charge in [-0.25, -0.2) is 8.78 Å². The van der Waals surface area contributed by atoms with Crippen LogP contribution in [-0.4, -0.2) is 15.9 Å². The van der Waals surface area contributed by atoms with Crippen molar-refractivity contribution >= 4 is 21.7 Å². The van der Waals surface area contributed by atoms with Gasteiger partial charge < -0.3 is 4.52 Å². The lowest BCUT2D eigenvalue weighted by Crippen LogP contribution is -2.06. The number of hydrogen-bond donors (Lipinski definition) is 0. The minimum atomic E-state index is -1.02. The highest BCUT2D eigenvalue weighted by Gasteiger charge is 2.18. The van der Waals surface area contributed by atoms with E-state index in [1.165, 1.54) is 6.07 Å². The maximum absolute atomic E-state index is 13.5. The van der Waals surface area contributed by atoms with Crippen molar-refractivity contribution in [2.75, 3.05) is 0 Å². The fourth-order valence-corrected chi connectivity index (χ4v) is 2.33. The Morgan fingerprint density at radius 3 is 2.76 bits per heavy atom. The van der Waals surface area contributed by atoms with Crippen molar-refractivity contribution in [2.45, 2.75) is 26.7 Å².